The van der Waals surface area contributed by atoms with E-state index in [-0.39, 0.29) is 18.6 Å². The molecule has 24 heavy (non-hydrogen) atoms. The van der Waals surface area contributed by atoms with Gasteiger partial charge in [-0.3, -0.25) is 0 Å². The maximum Gasteiger partial charge on any atom is 0.0855 e. The third kappa shape index (κ3) is 20.3. The fraction of sp³-hybridized carbons (Fsp3) is 1.00. The van der Waals surface area contributed by atoms with E-state index in [1.54, 1.807) is 0 Å². The molecule has 0 spiro atoms. The van der Waals surface area contributed by atoms with Gasteiger partial charge in [-0.15, -0.1) is 12.4 Å². The molecular formula is C21H50ClN2+. The normalized spacial score (nSPS) is 12.4. The summed E-state index contributed by atoms with van der Waals surface area (Å²) in [5.74, 6) is 0. The molecule has 0 fully saturated rings. The summed E-state index contributed by atoms with van der Waals surface area (Å²) in [6.07, 6.45) is 21.8. The maximum atomic E-state index is 2.39. The Balaban J connectivity index is -0.00000220. The highest BCUT2D eigenvalue weighted by Crippen LogP contribution is 2.15. The Morgan fingerprint density at radius 3 is 1.17 bits per heavy atom. The Labute approximate surface area is 160 Å². The molecule has 0 aliphatic heterocycles. The van der Waals surface area contributed by atoms with Crippen molar-refractivity contribution >= 4 is 12.4 Å². The number of halogens is 1. The van der Waals surface area contributed by atoms with Crippen LogP contribution < -0.4 is 6.15 Å². The molecule has 0 saturated carbocycles. The Kier molecular flexibility index (Phi) is 23.6. The molecule has 0 aromatic rings. The van der Waals surface area contributed by atoms with Gasteiger partial charge in [0.1, 0.15) is 0 Å². The van der Waals surface area contributed by atoms with Crippen LogP contribution in [-0.4, -0.2) is 31.7 Å². The molecule has 0 aliphatic rings. The summed E-state index contributed by atoms with van der Waals surface area (Å²) in [4.78, 5) is 0. The topological polar surface area (TPSA) is 35.0 Å². The van der Waals surface area contributed by atoms with E-state index in [2.05, 4.69) is 35.0 Å². The third-order valence-corrected chi connectivity index (χ3v) is 5.30. The van der Waals surface area contributed by atoms with Crippen molar-refractivity contribution in [2.45, 2.75) is 116 Å². The smallest absolute Gasteiger partial charge is 0.0855 e. The molecular weight excluding hydrogens is 316 g/mol. The van der Waals surface area contributed by atoms with E-state index < -0.39 is 0 Å². The second kappa shape index (κ2) is 19.5. The first-order chi connectivity index (χ1) is 10.5. The van der Waals surface area contributed by atoms with Crippen molar-refractivity contribution in [1.29, 1.82) is 0 Å². The lowest BCUT2D eigenvalue weighted by atomic mass is 10.0. The van der Waals surface area contributed by atoms with Crippen molar-refractivity contribution in [3.63, 3.8) is 0 Å². The summed E-state index contributed by atoms with van der Waals surface area (Å²) >= 11 is 0. The quantitative estimate of drug-likeness (QED) is 0.222. The highest BCUT2D eigenvalue weighted by molar-refractivity contribution is 5.85. The summed E-state index contributed by atoms with van der Waals surface area (Å²) in [5.41, 5.74) is 0. The van der Waals surface area contributed by atoms with Crippen LogP contribution >= 0.6 is 12.4 Å². The van der Waals surface area contributed by atoms with E-state index in [9.17, 15) is 0 Å². The van der Waals surface area contributed by atoms with E-state index in [0.29, 0.717) is 0 Å². The second-order valence-corrected chi connectivity index (χ2v) is 8.35. The monoisotopic (exact) mass is 365 g/mol. The molecule has 0 heterocycles. The van der Waals surface area contributed by atoms with Crippen LogP contribution in [0.3, 0.4) is 0 Å². The van der Waals surface area contributed by atoms with Crippen LogP contribution in [0.15, 0.2) is 0 Å². The molecule has 150 valence electrons. The summed E-state index contributed by atoms with van der Waals surface area (Å²) in [5, 5.41) is 0. The van der Waals surface area contributed by atoms with Crippen molar-refractivity contribution in [1.82, 2.24) is 6.15 Å². The molecule has 0 saturated heterocycles. The first-order valence-electron chi connectivity index (χ1n) is 10.3. The molecule has 0 rings (SSSR count). The lowest BCUT2D eigenvalue weighted by molar-refractivity contribution is -0.894. The van der Waals surface area contributed by atoms with E-state index in [1.165, 1.54) is 96.3 Å². The molecule has 1 atom stereocenters. The first kappa shape index (κ1) is 29.0. The van der Waals surface area contributed by atoms with Gasteiger partial charge in [0.15, 0.2) is 0 Å². The van der Waals surface area contributed by atoms with Gasteiger partial charge in [-0.2, -0.15) is 0 Å². The number of rotatable bonds is 16. The van der Waals surface area contributed by atoms with Crippen LogP contribution in [0.2, 0.25) is 0 Å². The molecule has 1 unspecified atom stereocenters. The van der Waals surface area contributed by atoms with Crippen LogP contribution in [0.5, 0.6) is 0 Å². The summed E-state index contributed by atoms with van der Waals surface area (Å²) in [6.45, 7) is 4.69. The van der Waals surface area contributed by atoms with E-state index in [1.807, 2.05) is 0 Å². The van der Waals surface area contributed by atoms with Crippen LogP contribution in [-0.2, 0) is 0 Å². The lowest BCUT2D eigenvalue weighted by Gasteiger charge is -2.31. The van der Waals surface area contributed by atoms with Crippen LogP contribution in [0, 0.1) is 0 Å². The van der Waals surface area contributed by atoms with E-state index in [0.717, 1.165) is 10.5 Å². The molecule has 3 heteroatoms. The average molecular weight is 366 g/mol. The SMILES string of the molecule is CCCCCCCCCCCCCCCCC(C)[N+](C)(C)C.Cl.N. The van der Waals surface area contributed by atoms with Gasteiger partial charge in [-0.05, 0) is 19.8 Å². The van der Waals surface area contributed by atoms with Crippen molar-refractivity contribution in [2.75, 3.05) is 21.1 Å². The highest BCUT2D eigenvalue weighted by Gasteiger charge is 2.16. The van der Waals surface area contributed by atoms with Crippen LogP contribution in [0.25, 0.3) is 0 Å². The van der Waals surface area contributed by atoms with Gasteiger partial charge in [-0.1, -0.05) is 90.4 Å². The van der Waals surface area contributed by atoms with Gasteiger partial charge in [0.2, 0.25) is 0 Å². The molecule has 0 radical (unpaired) electrons. The Morgan fingerprint density at radius 2 is 0.875 bits per heavy atom. The Bertz CT molecular complexity index is 226. The van der Waals surface area contributed by atoms with Crippen molar-refractivity contribution in [3.05, 3.63) is 0 Å². The zero-order chi connectivity index (χ0) is 16.7. The predicted octanol–water partition coefficient (Wildman–Crippen LogP) is 7.54. The van der Waals surface area contributed by atoms with Gasteiger partial charge < -0.3 is 10.6 Å². The molecule has 0 bridgehead atoms. The maximum absolute atomic E-state index is 2.39. The lowest BCUT2D eigenvalue weighted by Crippen LogP contribution is -2.43. The van der Waals surface area contributed by atoms with Crippen molar-refractivity contribution in [2.24, 2.45) is 0 Å². The fourth-order valence-corrected chi connectivity index (χ4v) is 3.02. The fourth-order valence-electron chi connectivity index (χ4n) is 3.02. The number of hydrogen-bond donors (Lipinski definition) is 1. The van der Waals surface area contributed by atoms with Gasteiger partial charge in [0.25, 0.3) is 0 Å². The van der Waals surface area contributed by atoms with E-state index in [4.69, 9.17) is 0 Å². The number of unbranched alkanes of at least 4 members (excludes halogenated alkanes) is 13. The predicted molar refractivity (Wildman–Crippen MR) is 115 cm³/mol. The van der Waals surface area contributed by atoms with Gasteiger partial charge in [0.05, 0.1) is 27.2 Å². The highest BCUT2D eigenvalue weighted by atomic mass is 35.5. The molecule has 0 aliphatic carbocycles. The standard InChI is InChI=1S/C21H46N.ClH.H3N/c1-6-7-8-9-10-11-12-13-14-15-16-17-18-19-20-21(2)22(3,4)5;;/h21H,6-20H2,1-5H3;1H;1H3/q+1;;. The summed E-state index contributed by atoms with van der Waals surface area (Å²) in [6, 6.07) is 0.803. The zero-order valence-electron chi connectivity index (χ0n) is 17.7. The first-order valence-corrected chi connectivity index (χ1v) is 10.3. The second-order valence-electron chi connectivity index (χ2n) is 8.35. The van der Waals surface area contributed by atoms with Gasteiger partial charge in [0, 0.05) is 0 Å². The third-order valence-electron chi connectivity index (χ3n) is 5.30. The van der Waals surface area contributed by atoms with E-state index >= 15 is 0 Å². The number of hydrogen-bond acceptors (Lipinski definition) is 1. The van der Waals surface area contributed by atoms with Crippen LogP contribution in [0.1, 0.15) is 110 Å². The zero-order valence-corrected chi connectivity index (χ0v) is 18.6. The largest absolute Gasteiger partial charge is 0.344 e. The van der Waals surface area contributed by atoms with Crippen molar-refractivity contribution in [3.8, 4) is 0 Å². The molecule has 3 N–H and O–H groups in total. The molecule has 2 nitrogen and oxygen atoms in total. The minimum atomic E-state index is 0. The van der Waals surface area contributed by atoms with Crippen LogP contribution in [0.4, 0.5) is 0 Å². The minimum absolute atomic E-state index is 0. The number of quaternary nitrogens is 1. The Morgan fingerprint density at radius 1 is 0.583 bits per heavy atom. The minimum Gasteiger partial charge on any atom is -0.344 e. The summed E-state index contributed by atoms with van der Waals surface area (Å²) < 4.78 is 1.11. The van der Waals surface area contributed by atoms with Gasteiger partial charge >= 0.3 is 0 Å². The molecule has 0 amide bonds. The summed E-state index contributed by atoms with van der Waals surface area (Å²) in [7, 11) is 6.94. The number of nitrogens with zero attached hydrogens (tertiary/aromatic N) is 1. The average Bonchev–Trinajstić information content (AvgIpc) is 2.46. The van der Waals surface area contributed by atoms with Gasteiger partial charge in [-0.25, -0.2) is 0 Å². The molecule has 0 aromatic carbocycles. The van der Waals surface area contributed by atoms with Crippen molar-refractivity contribution < 1.29 is 4.48 Å². The Hall–Kier alpha value is 0.210. The molecule has 0 aromatic heterocycles.